The molecule has 1 aliphatic rings. The van der Waals surface area contributed by atoms with Crippen LogP contribution in [0.3, 0.4) is 0 Å². The van der Waals surface area contributed by atoms with E-state index in [9.17, 15) is 13.2 Å². The molecule has 0 aromatic heterocycles. The number of ether oxygens (including phenoxy) is 1. The highest BCUT2D eigenvalue weighted by Gasteiger charge is 2.34. The first kappa shape index (κ1) is 13.0. The van der Waals surface area contributed by atoms with Crippen molar-refractivity contribution in [1.29, 1.82) is 0 Å². The van der Waals surface area contributed by atoms with Crippen molar-refractivity contribution in [3.63, 3.8) is 0 Å². The third-order valence-corrected chi connectivity index (χ3v) is 3.37. The third kappa shape index (κ3) is 3.07. The molecule has 1 unspecified atom stereocenters. The summed E-state index contributed by atoms with van der Waals surface area (Å²) in [5.74, 6) is 0.512. The van der Waals surface area contributed by atoms with Gasteiger partial charge in [-0.2, -0.15) is 13.2 Å². The Labute approximate surface area is 110 Å². The second-order valence-corrected chi connectivity index (χ2v) is 5.31. The minimum Gasteiger partial charge on any atom is -0.493 e. The van der Waals surface area contributed by atoms with Gasteiger partial charge in [-0.15, -0.1) is 11.6 Å². The molecule has 0 saturated carbocycles. The average molecular weight is 330 g/mol. The van der Waals surface area contributed by atoms with Gasteiger partial charge in [0.15, 0.2) is 0 Å². The Morgan fingerprint density at radius 2 is 2.12 bits per heavy atom. The summed E-state index contributed by atoms with van der Waals surface area (Å²) in [6.07, 6.45) is -4.63. The predicted molar refractivity (Wildman–Crippen MR) is 62.6 cm³/mol. The van der Waals surface area contributed by atoms with E-state index < -0.39 is 18.0 Å². The van der Waals surface area contributed by atoms with Crippen molar-refractivity contribution in [3.05, 3.63) is 27.7 Å². The summed E-state index contributed by atoms with van der Waals surface area (Å²) in [5.41, 5.74) is 1.31. The first-order valence-corrected chi connectivity index (χ1v) is 6.26. The summed E-state index contributed by atoms with van der Waals surface area (Å²) in [7, 11) is 0. The van der Waals surface area contributed by atoms with Gasteiger partial charge in [-0.3, -0.25) is 0 Å². The van der Waals surface area contributed by atoms with E-state index in [0.29, 0.717) is 24.3 Å². The highest BCUT2D eigenvalue weighted by Crippen LogP contribution is 2.42. The van der Waals surface area contributed by atoms with Crippen LogP contribution in [0.1, 0.15) is 22.9 Å². The number of hydrogen-bond donors (Lipinski definition) is 0. The number of rotatable bonds is 2. The van der Waals surface area contributed by atoms with Gasteiger partial charge >= 0.3 is 6.18 Å². The molecule has 94 valence electrons. The molecule has 0 saturated heterocycles. The summed E-state index contributed by atoms with van der Waals surface area (Å²) < 4.78 is 43.0. The normalized spacial score (nSPS) is 16.5. The second-order valence-electron chi connectivity index (χ2n) is 3.87. The monoisotopic (exact) mass is 328 g/mol. The molecule has 1 aromatic carbocycles. The van der Waals surface area contributed by atoms with Gasteiger partial charge in [-0.1, -0.05) is 15.9 Å². The Kier molecular flexibility index (Phi) is 3.59. The number of alkyl halides is 4. The predicted octanol–water partition coefficient (Wildman–Crippen LogP) is 4.62. The largest absolute Gasteiger partial charge is 0.493 e. The smallest absolute Gasteiger partial charge is 0.390 e. The minimum atomic E-state index is -4.28. The lowest BCUT2D eigenvalue weighted by Gasteiger charge is -2.16. The van der Waals surface area contributed by atoms with E-state index in [1.54, 1.807) is 6.07 Å². The molecule has 0 radical (unpaired) electrons. The molecule has 0 amide bonds. The zero-order valence-electron chi connectivity index (χ0n) is 8.65. The highest BCUT2D eigenvalue weighted by molar-refractivity contribution is 9.10. The number of hydrogen-bond acceptors (Lipinski definition) is 1. The lowest BCUT2D eigenvalue weighted by Crippen LogP contribution is -2.11. The molecule has 0 fully saturated rings. The molecular formula is C11H9BrClF3O. The Balaban J connectivity index is 2.32. The van der Waals surface area contributed by atoms with Crippen molar-refractivity contribution >= 4 is 27.5 Å². The van der Waals surface area contributed by atoms with Gasteiger partial charge in [0, 0.05) is 16.5 Å². The van der Waals surface area contributed by atoms with Crippen molar-refractivity contribution in [2.75, 3.05) is 6.61 Å². The van der Waals surface area contributed by atoms with Gasteiger partial charge in [-0.05, 0) is 17.7 Å². The molecule has 0 N–H and O–H groups in total. The van der Waals surface area contributed by atoms with Gasteiger partial charge < -0.3 is 4.74 Å². The second kappa shape index (κ2) is 4.69. The maximum atomic E-state index is 12.3. The molecule has 1 heterocycles. The van der Waals surface area contributed by atoms with Crippen molar-refractivity contribution in [2.24, 2.45) is 0 Å². The molecule has 2 rings (SSSR count). The zero-order chi connectivity index (χ0) is 12.6. The summed E-state index contributed by atoms with van der Waals surface area (Å²) in [6.45, 7) is 0.494. The van der Waals surface area contributed by atoms with Crippen LogP contribution in [0, 0.1) is 0 Å². The molecular weight excluding hydrogens is 320 g/mol. The van der Waals surface area contributed by atoms with Crippen LogP contribution in [0.2, 0.25) is 0 Å². The summed E-state index contributed by atoms with van der Waals surface area (Å²) in [5, 5.41) is -1.11. The van der Waals surface area contributed by atoms with Crippen molar-refractivity contribution in [2.45, 2.75) is 24.4 Å². The van der Waals surface area contributed by atoms with Crippen LogP contribution < -0.4 is 4.74 Å². The van der Waals surface area contributed by atoms with E-state index in [1.165, 1.54) is 0 Å². The number of fused-ring (bicyclic) bond motifs is 1. The van der Waals surface area contributed by atoms with Gasteiger partial charge in [0.05, 0.1) is 18.4 Å². The molecule has 0 bridgehead atoms. The molecule has 17 heavy (non-hydrogen) atoms. The van der Waals surface area contributed by atoms with Crippen molar-refractivity contribution in [1.82, 2.24) is 0 Å². The number of halogens is 5. The maximum Gasteiger partial charge on any atom is 0.390 e. The van der Waals surface area contributed by atoms with Gasteiger partial charge in [0.1, 0.15) is 5.75 Å². The van der Waals surface area contributed by atoms with E-state index in [-0.39, 0.29) is 0 Å². The van der Waals surface area contributed by atoms with E-state index in [4.69, 9.17) is 16.3 Å². The Morgan fingerprint density at radius 1 is 1.41 bits per heavy atom. The molecule has 0 aliphatic carbocycles. The Bertz CT molecular complexity index is 433. The molecule has 1 aromatic rings. The van der Waals surface area contributed by atoms with Crippen LogP contribution in [-0.4, -0.2) is 12.8 Å². The quantitative estimate of drug-likeness (QED) is 0.720. The van der Waals surface area contributed by atoms with E-state index in [2.05, 4.69) is 15.9 Å². The Morgan fingerprint density at radius 3 is 2.76 bits per heavy atom. The van der Waals surface area contributed by atoms with E-state index >= 15 is 0 Å². The Hall–Kier alpha value is -0.420. The average Bonchev–Trinajstić information content (AvgIpc) is 2.60. The van der Waals surface area contributed by atoms with Crippen molar-refractivity contribution in [3.8, 4) is 5.75 Å². The van der Waals surface area contributed by atoms with Crippen molar-refractivity contribution < 1.29 is 17.9 Å². The molecule has 1 nitrogen and oxygen atoms in total. The summed E-state index contributed by atoms with van der Waals surface area (Å²) in [4.78, 5) is 0. The zero-order valence-corrected chi connectivity index (χ0v) is 11.0. The highest BCUT2D eigenvalue weighted by atomic mass is 79.9. The topological polar surface area (TPSA) is 9.23 Å². The fourth-order valence-corrected chi connectivity index (χ4v) is 2.70. The number of benzene rings is 1. The van der Waals surface area contributed by atoms with Crippen LogP contribution in [0.4, 0.5) is 13.2 Å². The fraction of sp³-hybridized carbons (Fsp3) is 0.455. The third-order valence-electron chi connectivity index (χ3n) is 2.53. The first-order chi connectivity index (χ1) is 7.87. The van der Waals surface area contributed by atoms with E-state index in [0.717, 1.165) is 10.0 Å². The van der Waals surface area contributed by atoms with E-state index in [1.807, 2.05) is 6.07 Å². The molecule has 1 atom stereocenters. The molecule has 0 spiro atoms. The van der Waals surface area contributed by atoms with Crippen LogP contribution in [-0.2, 0) is 6.42 Å². The van der Waals surface area contributed by atoms with Crippen LogP contribution in [0.5, 0.6) is 5.75 Å². The van der Waals surface area contributed by atoms with Gasteiger partial charge in [-0.25, -0.2) is 0 Å². The standard InChI is InChI=1S/C11H9BrClF3O/c12-7-3-6-1-2-17-10(6)8(4-7)9(13)5-11(14,15)16/h3-4,9H,1-2,5H2. The lowest BCUT2D eigenvalue weighted by molar-refractivity contribution is -0.134. The van der Waals surface area contributed by atoms with Gasteiger partial charge in [0.25, 0.3) is 0 Å². The maximum absolute atomic E-state index is 12.3. The summed E-state index contributed by atoms with van der Waals surface area (Å²) >= 11 is 9.09. The summed E-state index contributed by atoms with van der Waals surface area (Å²) in [6, 6.07) is 3.44. The molecule has 6 heteroatoms. The molecule has 1 aliphatic heterocycles. The SMILES string of the molecule is FC(F)(F)CC(Cl)c1cc(Br)cc2c1OCC2. The van der Waals surface area contributed by atoms with Crippen LogP contribution in [0.25, 0.3) is 0 Å². The first-order valence-electron chi connectivity index (χ1n) is 5.03. The van der Waals surface area contributed by atoms with Crippen LogP contribution in [0.15, 0.2) is 16.6 Å². The van der Waals surface area contributed by atoms with Gasteiger partial charge in [0.2, 0.25) is 0 Å². The minimum absolute atomic E-state index is 0.408. The van der Waals surface area contributed by atoms with Crippen LogP contribution >= 0.6 is 27.5 Å². The lowest BCUT2D eigenvalue weighted by atomic mass is 10.0. The fourth-order valence-electron chi connectivity index (χ4n) is 1.84.